The van der Waals surface area contributed by atoms with Gasteiger partial charge in [-0.05, 0) is 0 Å². The van der Waals surface area contributed by atoms with Crippen LogP contribution in [0.15, 0.2) is 47.2 Å². The minimum atomic E-state index is -4.86. The Morgan fingerprint density at radius 3 is 2.40 bits per heavy atom. The van der Waals surface area contributed by atoms with E-state index in [-0.39, 0.29) is 52.5 Å². The number of ether oxygens (including phenoxy) is 1. The molecule has 1 spiro atoms. The van der Waals surface area contributed by atoms with E-state index in [1.54, 1.807) is 32.0 Å². The summed E-state index contributed by atoms with van der Waals surface area (Å²) in [7, 11) is 3.47. The fraction of sp³-hybridized carbons (Fsp3) is 0.367. The topological polar surface area (TPSA) is 159 Å². The number of amides is 1. The molecule has 1 amide bonds. The number of aliphatic hydroxyl groups excluding tert-OH is 2. The van der Waals surface area contributed by atoms with E-state index in [0.717, 1.165) is 0 Å². The number of fused-ring (bicyclic) bond motifs is 2. The van der Waals surface area contributed by atoms with E-state index >= 15 is 0 Å². The van der Waals surface area contributed by atoms with Crippen LogP contribution in [0.5, 0.6) is 11.5 Å². The molecule has 4 aliphatic rings. The molecule has 43 heavy (non-hydrogen) atoms. The molecule has 2 aromatic rings. The summed E-state index contributed by atoms with van der Waals surface area (Å²) in [4.78, 5) is 28.7. The summed E-state index contributed by atoms with van der Waals surface area (Å²) in [6, 6.07) is 6.15. The number of likely N-dealkylation sites (N-methyl/N-ethyl adjacent to an activating group) is 1. The first-order valence-corrected chi connectivity index (χ1v) is 13.7. The number of carbonyl (C=O) groups is 2. The third kappa shape index (κ3) is 4.12. The number of hydrogen-bond donors (Lipinski definition) is 5. The third-order valence-corrected chi connectivity index (χ3v) is 9.38. The van der Waals surface area contributed by atoms with E-state index in [0.29, 0.717) is 34.9 Å². The van der Waals surface area contributed by atoms with Crippen LogP contribution in [0.1, 0.15) is 23.1 Å². The van der Waals surface area contributed by atoms with Crippen LogP contribution >= 0.6 is 0 Å². The van der Waals surface area contributed by atoms with Crippen molar-refractivity contribution in [1.82, 2.24) is 4.90 Å². The first-order valence-electron chi connectivity index (χ1n) is 13.7. The molecule has 3 aliphatic carbocycles. The van der Waals surface area contributed by atoms with Crippen molar-refractivity contribution in [3.63, 3.8) is 0 Å². The molecule has 1 fully saturated rings. The van der Waals surface area contributed by atoms with Gasteiger partial charge in [-0.25, -0.2) is 0 Å². The zero-order valence-electron chi connectivity index (χ0n) is 23.3. The first-order chi connectivity index (χ1) is 20.2. The fourth-order valence-electron chi connectivity index (χ4n) is 7.62. The number of Topliss-reactive ketones (excluding diaryl/α,β-unsaturated/α-hetero) is 1. The molecule has 1 aliphatic heterocycles. The molecule has 0 aromatic heterocycles. The Bertz CT molecular complexity index is 1680. The van der Waals surface area contributed by atoms with Crippen LogP contribution in [0.25, 0.3) is 16.9 Å². The molecule has 4 atom stereocenters. The number of benzene rings is 2. The molecule has 1 saturated carbocycles. The van der Waals surface area contributed by atoms with Crippen LogP contribution in [0.2, 0.25) is 6.32 Å². The van der Waals surface area contributed by atoms with E-state index in [1.165, 1.54) is 24.3 Å². The Labute approximate surface area is 245 Å². The number of aromatic hydroxyl groups is 1. The number of carbonyl (C=O) groups excluding carboxylic acids is 2. The predicted octanol–water partition coefficient (Wildman–Crippen LogP) is 2.98. The van der Waals surface area contributed by atoms with Crippen molar-refractivity contribution < 1.29 is 42.8 Å². The Hall–Kier alpha value is -4.10. The van der Waals surface area contributed by atoms with Gasteiger partial charge in [0.05, 0.1) is 0 Å². The number of ketones is 1. The summed E-state index contributed by atoms with van der Waals surface area (Å²) < 4.78 is 42.2. The normalized spacial score (nSPS) is 26.1. The van der Waals surface area contributed by atoms with E-state index in [2.05, 4.69) is 4.74 Å². The van der Waals surface area contributed by atoms with Gasteiger partial charge in [0.25, 0.3) is 0 Å². The molecule has 6 rings (SSSR count). The Balaban J connectivity index is 1.51. The number of alkyl halides is 3. The second kappa shape index (κ2) is 9.71. The number of primary amides is 1. The maximum atomic E-state index is 14.5. The predicted molar refractivity (Wildman–Crippen MR) is 152 cm³/mol. The fourth-order valence-corrected chi connectivity index (χ4v) is 7.62. The van der Waals surface area contributed by atoms with Crippen molar-refractivity contribution >= 4 is 29.8 Å². The maximum absolute atomic E-state index is 14.5. The molecule has 0 unspecified atom stereocenters. The molecule has 7 N–H and O–H groups in total. The molecule has 1 heterocycles. The SMILES string of the molecule is CN(C)[C@@H]1C(O)=C(C(N)=O)C2=BC[C@@]23C(=O)C2=C(O)c4c(O)c(CN)cc(-c5ccc(OC(F)(F)F)cc5)c4C[C@H]2C[C@@H]13. The summed E-state index contributed by atoms with van der Waals surface area (Å²) in [5, 5.41) is 34.1. The van der Waals surface area contributed by atoms with Crippen LogP contribution in [0.4, 0.5) is 13.2 Å². The number of nitrogens with two attached hydrogens (primary N) is 2. The molecule has 2 aromatic carbocycles. The second-order valence-electron chi connectivity index (χ2n) is 11.7. The van der Waals surface area contributed by atoms with Crippen molar-refractivity contribution in [2.75, 3.05) is 14.1 Å². The van der Waals surface area contributed by atoms with Crippen LogP contribution in [0.3, 0.4) is 0 Å². The van der Waals surface area contributed by atoms with Crippen LogP contribution in [0, 0.1) is 17.3 Å². The Kier molecular flexibility index (Phi) is 6.55. The van der Waals surface area contributed by atoms with Gasteiger partial charge in [-0.3, -0.25) is 0 Å². The van der Waals surface area contributed by atoms with Gasteiger partial charge in [-0.15, -0.1) is 13.2 Å². The average Bonchev–Trinajstić information content (AvgIpc) is 2.89. The van der Waals surface area contributed by atoms with Gasteiger partial charge in [0.15, 0.2) is 0 Å². The molecular weight excluding hydrogens is 566 g/mol. The number of phenols is 1. The quantitative estimate of drug-likeness (QED) is 0.330. The molecule has 0 bridgehead atoms. The van der Waals surface area contributed by atoms with E-state index in [4.69, 9.17) is 11.5 Å². The van der Waals surface area contributed by atoms with Crippen LogP contribution in [-0.4, -0.2) is 70.8 Å². The second-order valence-corrected chi connectivity index (χ2v) is 11.7. The Morgan fingerprint density at radius 2 is 1.86 bits per heavy atom. The zero-order valence-corrected chi connectivity index (χ0v) is 23.3. The number of phenolic OH excluding ortho intramolecular Hbond substituents is 1. The summed E-state index contributed by atoms with van der Waals surface area (Å²) >= 11 is 0. The first kappa shape index (κ1) is 29.0. The van der Waals surface area contributed by atoms with Gasteiger partial charge in [-0.1, -0.05) is 0 Å². The van der Waals surface area contributed by atoms with Crippen LogP contribution < -0.4 is 16.2 Å². The summed E-state index contributed by atoms with van der Waals surface area (Å²) in [5.41, 5.74) is 12.6. The number of halogens is 3. The van der Waals surface area contributed by atoms with Gasteiger partial charge in [0.1, 0.15) is 0 Å². The summed E-state index contributed by atoms with van der Waals surface area (Å²) in [6.07, 6.45) is -3.99. The average molecular weight is 595 g/mol. The van der Waals surface area contributed by atoms with E-state index < -0.39 is 47.1 Å². The van der Waals surface area contributed by atoms with Gasteiger partial charge >= 0.3 is 227 Å². The van der Waals surface area contributed by atoms with Gasteiger partial charge < -0.3 is 4.74 Å². The monoisotopic (exact) mass is 595 g/mol. The van der Waals surface area contributed by atoms with Crippen molar-refractivity contribution in [2.24, 2.45) is 28.7 Å². The molecule has 0 radical (unpaired) electrons. The van der Waals surface area contributed by atoms with Crippen molar-refractivity contribution in [1.29, 1.82) is 0 Å². The van der Waals surface area contributed by atoms with E-state index in [9.17, 15) is 38.1 Å². The number of hydrogen-bond acceptors (Lipinski definition) is 8. The summed E-state index contributed by atoms with van der Waals surface area (Å²) in [6.45, 7) is 1.59. The number of rotatable bonds is 5. The number of allylic oxidation sites excluding steroid dienone is 1. The van der Waals surface area contributed by atoms with E-state index in [1.807, 2.05) is 0 Å². The minimum absolute atomic E-state index is 0.0429. The summed E-state index contributed by atoms with van der Waals surface area (Å²) in [5.74, 6) is -3.49. The van der Waals surface area contributed by atoms with Crippen molar-refractivity contribution in [3.05, 3.63) is 63.9 Å². The molecule has 9 nitrogen and oxygen atoms in total. The molecular formula is C30H29BF3N3O6. The molecule has 0 saturated heterocycles. The van der Waals surface area contributed by atoms with Crippen LogP contribution in [-0.2, 0) is 22.6 Å². The Morgan fingerprint density at radius 1 is 1.19 bits per heavy atom. The molecule has 13 heteroatoms. The third-order valence-electron chi connectivity index (χ3n) is 9.38. The van der Waals surface area contributed by atoms with Gasteiger partial charge in [-0.2, -0.15) is 0 Å². The van der Waals surface area contributed by atoms with Crippen molar-refractivity contribution in [2.45, 2.75) is 38.1 Å². The zero-order chi connectivity index (χ0) is 31.2. The molecule has 224 valence electrons. The number of nitrogens with zero attached hydrogens (tertiary/aromatic N) is 1. The van der Waals surface area contributed by atoms with Gasteiger partial charge in [0, 0.05) is 0 Å². The number of aliphatic hydroxyl groups is 2. The standard InChI is InChI=1S/C30H29BF3N3O6/c1-37(2)22-18-9-13-7-17-16(12-3-5-15(6-4-12)43-30(32,33)34)8-14(10-35)23(38)20(17)24(39)19(13)27(41)29(18)11-31-26(29)21(25(22)40)28(36)42/h3-6,8,13,18,22,38-40H,7,9-11,35H2,1-2H3,(H2,36,42)/t13-,18-,22-,29-/m0/s1. The van der Waals surface area contributed by atoms with Gasteiger partial charge in [0.2, 0.25) is 0 Å². The van der Waals surface area contributed by atoms with Crippen molar-refractivity contribution in [3.8, 4) is 22.6 Å².